The van der Waals surface area contributed by atoms with E-state index in [1.807, 2.05) is 0 Å². The molecular weight excluding hydrogens is 300 g/mol. The van der Waals surface area contributed by atoms with E-state index in [0.717, 1.165) is 19.6 Å². The minimum Gasteiger partial charge on any atom is -0.370 e. The molecule has 0 spiro atoms. The van der Waals surface area contributed by atoms with E-state index in [1.54, 1.807) is 0 Å². The zero-order chi connectivity index (χ0) is 14.0. The molecule has 106 valence electrons. The highest BCUT2D eigenvalue weighted by Gasteiger charge is 2.21. The van der Waals surface area contributed by atoms with Crippen LogP contribution in [0, 0.1) is 19.8 Å². The molecule has 0 bridgehead atoms. The standard InChI is InChI=1S/C16H25BrN2/c1-11(2)15-10-19(7-5-6-18-15)14-8-12(3)16(17)13(4)9-14/h8-9,11,15,18H,5-7,10H2,1-4H3. The number of nitrogens with zero attached hydrogens (tertiary/aromatic N) is 1. The van der Waals surface area contributed by atoms with E-state index in [-0.39, 0.29) is 0 Å². The van der Waals surface area contributed by atoms with Crippen molar-refractivity contribution in [1.29, 1.82) is 0 Å². The van der Waals surface area contributed by atoms with Gasteiger partial charge in [-0.15, -0.1) is 0 Å². The molecule has 1 aromatic rings. The Labute approximate surface area is 125 Å². The van der Waals surface area contributed by atoms with Crippen LogP contribution in [-0.2, 0) is 0 Å². The molecular formula is C16H25BrN2. The Morgan fingerprint density at radius 1 is 1.26 bits per heavy atom. The second kappa shape index (κ2) is 6.27. The minimum absolute atomic E-state index is 0.590. The van der Waals surface area contributed by atoms with E-state index in [0.29, 0.717) is 12.0 Å². The summed E-state index contributed by atoms with van der Waals surface area (Å²) >= 11 is 3.66. The van der Waals surface area contributed by atoms with Crippen LogP contribution in [0.3, 0.4) is 0 Å². The molecule has 0 aliphatic carbocycles. The van der Waals surface area contributed by atoms with Gasteiger partial charge in [-0.05, 0) is 56.0 Å². The Hall–Kier alpha value is -0.540. The lowest BCUT2D eigenvalue weighted by Gasteiger charge is -2.29. The number of benzene rings is 1. The van der Waals surface area contributed by atoms with Gasteiger partial charge >= 0.3 is 0 Å². The van der Waals surface area contributed by atoms with Crippen LogP contribution in [0.25, 0.3) is 0 Å². The summed E-state index contributed by atoms with van der Waals surface area (Å²) in [5.74, 6) is 0.679. The molecule has 0 radical (unpaired) electrons. The fourth-order valence-corrected chi connectivity index (χ4v) is 2.97. The maximum Gasteiger partial charge on any atom is 0.0372 e. The number of rotatable bonds is 2. The lowest BCUT2D eigenvalue weighted by Crippen LogP contribution is -2.41. The molecule has 2 rings (SSSR count). The Bertz CT molecular complexity index is 419. The first-order valence-electron chi connectivity index (χ1n) is 7.24. The molecule has 0 amide bonds. The summed E-state index contributed by atoms with van der Waals surface area (Å²) in [7, 11) is 0. The van der Waals surface area contributed by atoms with Gasteiger partial charge in [-0.25, -0.2) is 0 Å². The third kappa shape index (κ3) is 3.51. The number of aryl methyl sites for hydroxylation is 2. The SMILES string of the molecule is Cc1cc(N2CCCNC(C(C)C)C2)cc(C)c1Br. The molecule has 0 aromatic heterocycles. The van der Waals surface area contributed by atoms with Gasteiger partial charge in [0.2, 0.25) is 0 Å². The van der Waals surface area contributed by atoms with Crippen molar-refractivity contribution < 1.29 is 0 Å². The van der Waals surface area contributed by atoms with Crippen LogP contribution in [0.4, 0.5) is 5.69 Å². The highest BCUT2D eigenvalue weighted by molar-refractivity contribution is 9.10. The third-order valence-corrected chi connectivity index (χ3v) is 5.27. The van der Waals surface area contributed by atoms with Crippen molar-refractivity contribution in [2.45, 2.75) is 40.2 Å². The lowest BCUT2D eigenvalue weighted by atomic mass is 10.0. The second-order valence-electron chi connectivity index (χ2n) is 6.00. The molecule has 19 heavy (non-hydrogen) atoms. The predicted molar refractivity (Wildman–Crippen MR) is 87.1 cm³/mol. The van der Waals surface area contributed by atoms with Gasteiger partial charge < -0.3 is 10.2 Å². The first-order chi connectivity index (χ1) is 8.99. The van der Waals surface area contributed by atoms with Crippen LogP contribution < -0.4 is 10.2 Å². The predicted octanol–water partition coefficient (Wildman–Crippen LogP) is 3.89. The Kier molecular flexibility index (Phi) is 4.91. The smallest absolute Gasteiger partial charge is 0.0372 e. The number of hydrogen-bond donors (Lipinski definition) is 1. The van der Waals surface area contributed by atoms with Crippen LogP contribution in [-0.4, -0.2) is 25.7 Å². The fourth-order valence-electron chi connectivity index (χ4n) is 2.74. The van der Waals surface area contributed by atoms with Crippen LogP contribution in [0.5, 0.6) is 0 Å². The summed E-state index contributed by atoms with van der Waals surface area (Å²) in [5, 5.41) is 3.67. The summed E-state index contributed by atoms with van der Waals surface area (Å²) in [6.45, 7) is 12.4. The topological polar surface area (TPSA) is 15.3 Å². The van der Waals surface area contributed by atoms with Gasteiger partial charge in [0.25, 0.3) is 0 Å². The summed E-state index contributed by atoms with van der Waals surface area (Å²) in [6, 6.07) is 5.20. The number of nitrogens with one attached hydrogen (secondary N) is 1. The van der Waals surface area contributed by atoms with Gasteiger partial charge in [-0.2, -0.15) is 0 Å². The molecule has 1 fully saturated rings. The van der Waals surface area contributed by atoms with Crippen molar-refractivity contribution in [3.05, 3.63) is 27.7 Å². The van der Waals surface area contributed by atoms with Crippen molar-refractivity contribution >= 4 is 21.6 Å². The molecule has 1 aliphatic heterocycles. The molecule has 3 heteroatoms. The lowest BCUT2D eigenvalue weighted by molar-refractivity contribution is 0.420. The van der Waals surface area contributed by atoms with Crippen LogP contribution >= 0.6 is 15.9 Å². The first kappa shape index (κ1) is 14.9. The quantitative estimate of drug-likeness (QED) is 0.887. The summed E-state index contributed by atoms with van der Waals surface area (Å²) in [4.78, 5) is 2.54. The second-order valence-corrected chi connectivity index (χ2v) is 6.79. The largest absolute Gasteiger partial charge is 0.370 e. The highest BCUT2D eigenvalue weighted by Crippen LogP contribution is 2.28. The van der Waals surface area contributed by atoms with E-state index in [4.69, 9.17) is 0 Å². The van der Waals surface area contributed by atoms with Gasteiger partial charge in [0.05, 0.1) is 0 Å². The number of halogens is 1. The monoisotopic (exact) mass is 324 g/mol. The van der Waals surface area contributed by atoms with Gasteiger partial charge in [-0.3, -0.25) is 0 Å². The van der Waals surface area contributed by atoms with Crippen molar-refractivity contribution in [2.24, 2.45) is 5.92 Å². The maximum atomic E-state index is 3.67. The zero-order valence-electron chi connectivity index (χ0n) is 12.5. The van der Waals surface area contributed by atoms with Gasteiger partial charge in [-0.1, -0.05) is 29.8 Å². The van der Waals surface area contributed by atoms with E-state index >= 15 is 0 Å². The molecule has 1 unspecified atom stereocenters. The minimum atomic E-state index is 0.590. The van der Waals surface area contributed by atoms with E-state index in [1.165, 1.54) is 27.7 Å². The van der Waals surface area contributed by atoms with Crippen molar-refractivity contribution in [3.8, 4) is 0 Å². The number of hydrogen-bond acceptors (Lipinski definition) is 2. The summed E-state index contributed by atoms with van der Waals surface area (Å²) in [5.41, 5.74) is 4.02. The maximum absolute atomic E-state index is 3.67. The zero-order valence-corrected chi connectivity index (χ0v) is 14.0. The van der Waals surface area contributed by atoms with E-state index in [2.05, 4.69) is 66.0 Å². The van der Waals surface area contributed by atoms with Crippen molar-refractivity contribution in [1.82, 2.24) is 5.32 Å². The van der Waals surface area contributed by atoms with Gasteiger partial charge in [0, 0.05) is 29.3 Å². The van der Waals surface area contributed by atoms with Gasteiger partial charge in [0.1, 0.15) is 0 Å². The molecule has 1 atom stereocenters. The summed E-state index contributed by atoms with van der Waals surface area (Å²) in [6.07, 6.45) is 1.22. The molecule has 1 saturated heterocycles. The molecule has 0 saturated carbocycles. The van der Waals surface area contributed by atoms with Crippen LogP contribution in [0.2, 0.25) is 0 Å². The Morgan fingerprint density at radius 3 is 2.47 bits per heavy atom. The normalized spacial score (nSPS) is 20.7. The average molecular weight is 325 g/mol. The molecule has 1 aromatic carbocycles. The highest BCUT2D eigenvalue weighted by atomic mass is 79.9. The summed E-state index contributed by atoms with van der Waals surface area (Å²) < 4.78 is 1.24. The average Bonchev–Trinajstić information content (AvgIpc) is 2.61. The van der Waals surface area contributed by atoms with Crippen molar-refractivity contribution in [3.63, 3.8) is 0 Å². The molecule has 2 nitrogen and oxygen atoms in total. The van der Waals surface area contributed by atoms with Crippen molar-refractivity contribution in [2.75, 3.05) is 24.5 Å². The molecule has 1 N–H and O–H groups in total. The molecule has 1 aliphatic rings. The first-order valence-corrected chi connectivity index (χ1v) is 8.03. The fraction of sp³-hybridized carbons (Fsp3) is 0.625. The van der Waals surface area contributed by atoms with E-state index in [9.17, 15) is 0 Å². The number of anilines is 1. The third-order valence-electron chi connectivity index (χ3n) is 4.02. The Morgan fingerprint density at radius 2 is 1.89 bits per heavy atom. The van der Waals surface area contributed by atoms with Crippen LogP contribution in [0.1, 0.15) is 31.4 Å². The molecule has 1 heterocycles. The van der Waals surface area contributed by atoms with Gasteiger partial charge in [0.15, 0.2) is 0 Å². The Balaban J connectivity index is 2.24. The van der Waals surface area contributed by atoms with E-state index < -0.39 is 0 Å². The van der Waals surface area contributed by atoms with Crippen LogP contribution in [0.15, 0.2) is 16.6 Å².